The van der Waals surface area contributed by atoms with Gasteiger partial charge in [-0.3, -0.25) is 9.80 Å². The lowest BCUT2D eigenvalue weighted by Gasteiger charge is -2.35. The molecule has 6 heterocycles. The molecule has 0 amide bonds. The monoisotopic (exact) mass is 786 g/mol. The minimum atomic E-state index is -0.873. The Morgan fingerprint density at radius 3 is 1.58 bits per heavy atom. The third kappa shape index (κ3) is 10.9. The van der Waals surface area contributed by atoms with Gasteiger partial charge in [0.05, 0.1) is 0 Å². The molecule has 4 saturated heterocycles. The zero-order valence-electron chi connectivity index (χ0n) is 30.2. The molecule has 286 valence electrons. The van der Waals surface area contributed by atoms with Gasteiger partial charge in [-0.25, -0.2) is 8.78 Å². The summed E-state index contributed by atoms with van der Waals surface area (Å²) in [6.07, 6.45) is 7.41. The Labute approximate surface area is 324 Å². The van der Waals surface area contributed by atoms with Crippen molar-refractivity contribution in [1.29, 1.82) is 0 Å². The molecule has 0 bridgehead atoms. The van der Waals surface area contributed by atoms with Crippen LogP contribution in [0.15, 0.2) is 42.5 Å². The molecule has 4 fully saturated rings. The summed E-state index contributed by atoms with van der Waals surface area (Å²) < 4.78 is 46.3. The van der Waals surface area contributed by atoms with Crippen LogP contribution < -0.4 is 9.80 Å². The second-order valence-corrected chi connectivity index (χ2v) is 16.2. The van der Waals surface area contributed by atoms with E-state index in [1.54, 1.807) is 0 Å². The topological polar surface area (TPSA) is 83.0 Å². The van der Waals surface area contributed by atoms with Crippen LogP contribution in [0.25, 0.3) is 22.8 Å². The van der Waals surface area contributed by atoms with E-state index in [0.717, 1.165) is 136 Å². The van der Waals surface area contributed by atoms with Gasteiger partial charge in [0.2, 0.25) is 10.3 Å². The number of benzene rings is 2. The largest absolute Gasteiger partial charge is 0.381 e. The number of rotatable bonds is 10. The van der Waals surface area contributed by atoms with Crippen LogP contribution >= 0.6 is 34.7 Å². The second kappa shape index (κ2) is 19.1. The number of hydrogen-bond donors (Lipinski definition) is 0. The van der Waals surface area contributed by atoms with Crippen molar-refractivity contribution in [2.24, 2.45) is 11.8 Å². The van der Waals surface area contributed by atoms with Gasteiger partial charge in [-0.15, -0.1) is 0 Å². The number of aromatic nitrogens is 4. The summed E-state index contributed by atoms with van der Waals surface area (Å²) in [6, 6.07) is 11.5. The minimum absolute atomic E-state index is 0.454. The van der Waals surface area contributed by atoms with Crippen molar-refractivity contribution in [3.05, 3.63) is 59.1 Å². The molecule has 0 unspecified atom stereocenters. The first-order valence-electron chi connectivity index (χ1n) is 19.0. The van der Waals surface area contributed by atoms with Gasteiger partial charge < -0.3 is 19.3 Å². The normalized spacial score (nSPS) is 19.7. The molecule has 4 aromatic rings. The molecular weight excluding hydrogens is 738 g/mol. The number of piperazine rings is 2. The third-order valence-electron chi connectivity index (χ3n) is 10.8. The van der Waals surface area contributed by atoms with Crippen LogP contribution in [0, 0.1) is 23.5 Å². The zero-order chi connectivity index (χ0) is 36.4. The maximum atomic E-state index is 13.4. The lowest BCUT2D eigenvalue weighted by molar-refractivity contribution is 0.0597. The fourth-order valence-electron chi connectivity index (χ4n) is 7.31. The molecule has 15 heteroatoms. The highest BCUT2D eigenvalue weighted by atomic mass is 35.5. The summed E-state index contributed by atoms with van der Waals surface area (Å²) in [6.45, 7) is 14.2. The number of halogens is 3. The van der Waals surface area contributed by atoms with Crippen LogP contribution in [0.1, 0.15) is 38.5 Å². The van der Waals surface area contributed by atoms with Crippen molar-refractivity contribution in [1.82, 2.24) is 28.5 Å². The molecule has 4 aliphatic heterocycles. The standard InChI is InChI=1S/C19H25ClN4OS.C19H24F2N4OS/c20-17-3-1-2-16(14-17)18-21-19(26-22-18)24-10-8-23(9-11-24)7-4-15-5-12-25-13-6-15;20-16-2-1-15(13-17(16)21)18-22-19(27-23-18)25-9-7-24(8-10-25)6-3-14-4-11-26-12-5-14/h1-3,14-15H,4-13H2;1-2,13-14H,3-12H2. The highest BCUT2D eigenvalue weighted by Gasteiger charge is 2.24. The third-order valence-corrected chi connectivity index (χ3v) is 12.6. The van der Waals surface area contributed by atoms with E-state index in [9.17, 15) is 8.78 Å². The van der Waals surface area contributed by atoms with Crippen LogP contribution in [0.5, 0.6) is 0 Å². The smallest absolute Gasteiger partial charge is 0.205 e. The lowest BCUT2D eigenvalue weighted by atomic mass is 9.96. The average molecular weight is 787 g/mol. The van der Waals surface area contributed by atoms with Crippen LogP contribution in [-0.4, -0.2) is 120 Å². The summed E-state index contributed by atoms with van der Waals surface area (Å²) in [5, 5.41) is 2.58. The predicted molar refractivity (Wildman–Crippen MR) is 209 cm³/mol. The van der Waals surface area contributed by atoms with Gasteiger partial charge in [-0.2, -0.15) is 18.7 Å². The Morgan fingerprint density at radius 1 is 0.623 bits per heavy atom. The molecule has 4 aliphatic rings. The SMILES string of the molecule is Clc1cccc(-c2nsc(N3CCN(CCC4CCOCC4)CC3)n2)c1.Fc1ccc(-c2nsc(N3CCN(CCC4CCOCC4)CC3)n2)cc1F. The first-order valence-corrected chi connectivity index (χ1v) is 20.9. The summed E-state index contributed by atoms with van der Waals surface area (Å²) >= 11 is 8.87. The highest BCUT2D eigenvalue weighted by Crippen LogP contribution is 2.28. The van der Waals surface area contributed by atoms with Crippen molar-refractivity contribution < 1.29 is 18.3 Å². The minimum Gasteiger partial charge on any atom is -0.381 e. The summed E-state index contributed by atoms with van der Waals surface area (Å²) in [7, 11) is 0. The molecule has 8 rings (SSSR count). The molecule has 2 aromatic carbocycles. The molecule has 0 radical (unpaired) electrons. The molecular formula is C38H49ClF2N8O2S2. The summed E-state index contributed by atoms with van der Waals surface area (Å²) in [4.78, 5) is 19.0. The molecule has 53 heavy (non-hydrogen) atoms. The van der Waals surface area contributed by atoms with Crippen molar-refractivity contribution in [2.45, 2.75) is 38.5 Å². The van der Waals surface area contributed by atoms with Gasteiger partial charge in [0.25, 0.3) is 0 Å². The van der Waals surface area contributed by atoms with E-state index in [0.29, 0.717) is 11.4 Å². The van der Waals surface area contributed by atoms with Crippen LogP contribution in [0.3, 0.4) is 0 Å². The van der Waals surface area contributed by atoms with E-state index in [1.165, 1.54) is 74.2 Å². The Hall–Kier alpha value is -2.85. The second-order valence-electron chi connectivity index (χ2n) is 14.3. The molecule has 0 aliphatic carbocycles. The fraction of sp³-hybridized carbons (Fsp3) is 0.579. The Balaban J connectivity index is 0.000000164. The van der Waals surface area contributed by atoms with Crippen LogP contribution in [0.2, 0.25) is 5.02 Å². The number of ether oxygens (including phenoxy) is 2. The van der Waals surface area contributed by atoms with E-state index in [4.69, 9.17) is 26.1 Å². The Bertz CT molecular complexity index is 1720. The quantitative estimate of drug-likeness (QED) is 0.165. The zero-order valence-corrected chi connectivity index (χ0v) is 32.6. The van der Waals surface area contributed by atoms with Crippen molar-refractivity contribution in [2.75, 3.05) is 102 Å². The molecule has 10 nitrogen and oxygen atoms in total. The summed E-state index contributed by atoms with van der Waals surface area (Å²) in [5.74, 6) is 1.15. The summed E-state index contributed by atoms with van der Waals surface area (Å²) in [5.41, 5.74) is 1.49. The molecule has 0 atom stereocenters. The molecule has 0 saturated carbocycles. The molecule has 0 N–H and O–H groups in total. The van der Waals surface area contributed by atoms with Crippen LogP contribution in [0.4, 0.5) is 19.0 Å². The van der Waals surface area contributed by atoms with Gasteiger partial charge in [-0.05, 0) is 93.8 Å². The molecule has 0 spiro atoms. The van der Waals surface area contributed by atoms with Crippen molar-refractivity contribution in [3.8, 4) is 22.8 Å². The number of nitrogens with zero attached hydrogens (tertiary/aromatic N) is 8. The van der Waals surface area contributed by atoms with E-state index in [-0.39, 0.29) is 0 Å². The van der Waals surface area contributed by atoms with Crippen molar-refractivity contribution in [3.63, 3.8) is 0 Å². The predicted octanol–water partition coefficient (Wildman–Crippen LogP) is 7.22. The van der Waals surface area contributed by atoms with Crippen molar-refractivity contribution >= 4 is 44.9 Å². The van der Waals surface area contributed by atoms with E-state index >= 15 is 0 Å². The first-order chi connectivity index (χ1) is 26.0. The Kier molecular flexibility index (Phi) is 13.9. The van der Waals surface area contributed by atoms with Gasteiger partial charge >= 0.3 is 0 Å². The maximum absolute atomic E-state index is 13.4. The first kappa shape index (κ1) is 38.4. The number of hydrogen-bond acceptors (Lipinski definition) is 12. The fourth-order valence-corrected chi connectivity index (χ4v) is 8.98. The lowest BCUT2D eigenvalue weighted by Crippen LogP contribution is -2.47. The number of anilines is 2. The van der Waals surface area contributed by atoms with Gasteiger partial charge in [0.1, 0.15) is 0 Å². The molecule has 2 aromatic heterocycles. The van der Waals surface area contributed by atoms with Gasteiger partial charge in [-0.1, -0.05) is 23.7 Å². The Morgan fingerprint density at radius 2 is 1.11 bits per heavy atom. The van der Waals surface area contributed by atoms with E-state index in [1.807, 2.05) is 24.3 Å². The van der Waals surface area contributed by atoms with Crippen LogP contribution in [-0.2, 0) is 9.47 Å². The van der Waals surface area contributed by atoms with E-state index < -0.39 is 11.6 Å². The highest BCUT2D eigenvalue weighted by molar-refractivity contribution is 7.10. The average Bonchev–Trinajstić information content (AvgIpc) is 3.91. The maximum Gasteiger partial charge on any atom is 0.205 e. The van der Waals surface area contributed by atoms with Gasteiger partial charge in [0.15, 0.2) is 23.3 Å². The van der Waals surface area contributed by atoms with E-state index in [2.05, 4.69) is 33.3 Å². The van der Waals surface area contributed by atoms with Gasteiger partial charge in [0, 0.05) is 118 Å².